The Morgan fingerprint density at radius 1 is 1.85 bits per heavy atom. The number of primary amides is 1. The largest absolute Gasteiger partial charge is 0.370 e. The molecule has 0 aliphatic rings. The Kier molecular flexibility index (Phi) is 3.85. The van der Waals surface area contributed by atoms with E-state index in [0.717, 1.165) is 0 Å². The van der Waals surface area contributed by atoms with Crippen LogP contribution in [0, 0.1) is 0 Å². The first-order chi connectivity index (χ1) is 6.20. The third kappa shape index (κ3) is 3.52. The minimum atomic E-state index is -0.274. The van der Waals surface area contributed by atoms with Gasteiger partial charge in [-0.15, -0.1) is 11.3 Å². The molecular weight excluding hydrogens is 186 g/mol. The van der Waals surface area contributed by atoms with Gasteiger partial charge in [-0.2, -0.15) is 0 Å². The summed E-state index contributed by atoms with van der Waals surface area (Å²) in [7, 11) is 0. The number of nitrogens with two attached hydrogens (primary N) is 1. The molecule has 3 N–H and O–H groups in total. The maximum atomic E-state index is 10.4. The van der Waals surface area contributed by atoms with E-state index in [-0.39, 0.29) is 11.9 Å². The number of hydrogen-bond acceptors (Lipinski definition) is 4. The number of aromatic nitrogens is 1. The molecular formula is C8H13N3OS. The van der Waals surface area contributed by atoms with Crippen LogP contribution in [0.15, 0.2) is 11.7 Å². The molecule has 0 spiro atoms. The topological polar surface area (TPSA) is 68.0 Å². The highest BCUT2D eigenvalue weighted by molar-refractivity contribution is 7.09. The zero-order chi connectivity index (χ0) is 9.68. The van der Waals surface area contributed by atoms with Crippen LogP contribution in [0.1, 0.15) is 24.3 Å². The third-order valence-electron chi connectivity index (χ3n) is 1.70. The molecule has 0 fully saturated rings. The monoisotopic (exact) mass is 199 g/mol. The van der Waals surface area contributed by atoms with Crippen molar-refractivity contribution in [3.63, 3.8) is 0 Å². The van der Waals surface area contributed by atoms with Gasteiger partial charge >= 0.3 is 0 Å². The third-order valence-corrected chi connectivity index (χ3v) is 2.66. The summed E-state index contributed by atoms with van der Waals surface area (Å²) < 4.78 is 0. The minimum absolute atomic E-state index is 0.242. The Labute approximate surface area is 81.2 Å². The van der Waals surface area contributed by atoms with Gasteiger partial charge < -0.3 is 11.1 Å². The summed E-state index contributed by atoms with van der Waals surface area (Å²) in [6, 6.07) is 0.242. The average molecular weight is 199 g/mol. The van der Waals surface area contributed by atoms with Crippen LogP contribution in [0.2, 0.25) is 0 Å². The number of amides is 1. The molecule has 1 atom stereocenters. The predicted octanol–water partition coefficient (Wildman–Crippen LogP) is 0.669. The first-order valence-electron chi connectivity index (χ1n) is 4.10. The average Bonchev–Trinajstić information content (AvgIpc) is 2.55. The van der Waals surface area contributed by atoms with E-state index in [9.17, 15) is 4.79 Å². The molecule has 1 rings (SSSR count). The van der Waals surface area contributed by atoms with Gasteiger partial charge in [0.05, 0.1) is 5.51 Å². The van der Waals surface area contributed by atoms with Gasteiger partial charge in [0.25, 0.3) is 0 Å². The highest BCUT2D eigenvalue weighted by Gasteiger charge is 2.05. The molecule has 0 bridgehead atoms. The standard InChI is InChI=1S/C8H13N3OS/c1-6(7-4-10-5-13-7)11-3-2-8(9)12/h4-6,11H,2-3H2,1H3,(H2,9,12). The lowest BCUT2D eigenvalue weighted by Crippen LogP contribution is -2.24. The molecule has 0 aliphatic heterocycles. The first kappa shape index (κ1) is 10.1. The Hall–Kier alpha value is -0.940. The number of carbonyl (C=O) groups excluding carboxylic acids is 1. The van der Waals surface area contributed by atoms with Crippen LogP contribution < -0.4 is 11.1 Å². The first-order valence-corrected chi connectivity index (χ1v) is 4.98. The van der Waals surface area contributed by atoms with Crippen molar-refractivity contribution in [3.8, 4) is 0 Å². The molecule has 0 aromatic carbocycles. The number of hydrogen-bond donors (Lipinski definition) is 2. The second kappa shape index (κ2) is 4.94. The maximum Gasteiger partial charge on any atom is 0.218 e. The van der Waals surface area contributed by atoms with Crippen molar-refractivity contribution in [1.82, 2.24) is 10.3 Å². The summed E-state index contributed by atoms with van der Waals surface area (Å²) in [5.74, 6) is -0.274. The zero-order valence-corrected chi connectivity index (χ0v) is 8.30. The van der Waals surface area contributed by atoms with E-state index in [1.165, 1.54) is 4.88 Å². The summed E-state index contributed by atoms with van der Waals surface area (Å²) in [6.45, 7) is 2.66. The van der Waals surface area contributed by atoms with E-state index < -0.39 is 0 Å². The van der Waals surface area contributed by atoms with Gasteiger partial charge in [0.1, 0.15) is 0 Å². The fourth-order valence-corrected chi connectivity index (χ4v) is 1.60. The van der Waals surface area contributed by atoms with Gasteiger partial charge in [-0.05, 0) is 6.92 Å². The number of rotatable bonds is 5. The van der Waals surface area contributed by atoms with Crippen molar-refractivity contribution in [3.05, 3.63) is 16.6 Å². The molecule has 0 saturated carbocycles. The fraction of sp³-hybridized carbons (Fsp3) is 0.500. The summed E-state index contributed by atoms with van der Waals surface area (Å²) in [5.41, 5.74) is 6.80. The highest BCUT2D eigenvalue weighted by Crippen LogP contribution is 2.15. The molecule has 1 aromatic rings. The van der Waals surface area contributed by atoms with E-state index in [4.69, 9.17) is 5.73 Å². The van der Waals surface area contributed by atoms with Crippen LogP contribution in [-0.2, 0) is 4.79 Å². The molecule has 0 aliphatic carbocycles. The van der Waals surface area contributed by atoms with E-state index in [1.807, 2.05) is 13.1 Å². The summed E-state index contributed by atoms with van der Waals surface area (Å²) >= 11 is 1.60. The molecule has 4 nitrogen and oxygen atoms in total. The maximum absolute atomic E-state index is 10.4. The molecule has 5 heteroatoms. The summed E-state index contributed by atoms with van der Waals surface area (Å²) in [5, 5.41) is 3.19. The van der Waals surface area contributed by atoms with Gasteiger partial charge in [0.2, 0.25) is 5.91 Å². The lowest BCUT2D eigenvalue weighted by atomic mass is 10.3. The quantitative estimate of drug-likeness (QED) is 0.732. The summed E-state index contributed by atoms with van der Waals surface area (Å²) in [6.07, 6.45) is 2.20. The Morgan fingerprint density at radius 3 is 3.15 bits per heavy atom. The number of nitrogens with zero attached hydrogens (tertiary/aromatic N) is 1. The van der Waals surface area contributed by atoms with E-state index in [1.54, 1.807) is 16.8 Å². The lowest BCUT2D eigenvalue weighted by molar-refractivity contribution is -0.117. The van der Waals surface area contributed by atoms with E-state index in [2.05, 4.69) is 10.3 Å². The molecule has 13 heavy (non-hydrogen) atoms. The minimum Gasteiger partial charge on any atom is -0.370 e. The van der Waals surface area contributed by atoms with Crippen LogP contribution in [0.3, 0.4) is 0 Å². The van der Waals surface area contributed by atoms with Gasteiger partial charge in [0.15, 0.2) is 0 Å². The van der Waals surface area contributed by atoms with Crippen molar-refractivity contribution >= 4 is 17.2 Å². The van der Waals surface area contributed by atoms with Gasteiger partial charge in [-0.3, -0.25) is 9.78 Å². The van der Waals surface area contributed by atoms with Crippen molar-refractivity contribution in [2.75, 3.05) is 6.54 Å². The molecule has 0 radical (unpaired) electrons. The smallest absolute Gasteiger partial charge is 0.218 e. The molecule has 0 saturated heterocycles. The Balaban J connectivity index is 2.26. The second-order valence-electron chi connectivity index (χ2n) is 2.80. The number of thiazole rings is 1. The fourth-order valence-electron chi connectivity index (χ4n) is 0.952. The van der Waals surface area contributed by atoms with Gasteiger partial charge in [-0.25, -0.2) is 0 Å². The number of carbonyl (C=O) groups is 1. The van der Waals surface area contributed by atoms with Crippen molar-refractivity contribution < 1.29 is 4.79 Å². The predicted molar refractivity (Wildman–Crippen MR) is 52.3 cm³/mol. The Bertz CT molecular complexity index is 260. The van der Waals surface area contributed by atoms with E-state index in [0.29, 0.717) is 13.0 Å². The van der Waals surface area contributed by atoms with E-state index >= 15 is 0 Å². The lowest BCUT2D eigenvalue weighted by Gasteiger charge is -2.09. The van der Waals surface area contributed by atoms with Crippen LogP contribution in [0.5, 0.6) is 0 Å². The molecule has 1 aromatic heterocycles. The molecule has 1 amide bonds. The van der Waals surface area contributed by atoms with Crippen molar-refractivity contribution in [2.24, 2.45) is 5.73 Å². The summed E-state index contributed by atoms with van der Waals surface area (Å²) in [4.78, 5) is 15.6. The van der Waals surface area contributed by atoms with Crippen LogP contribution in [0.25, 0.3) is 0 Å². The van der Waals surface area contributed by atoms with Gasteiger partial charge in [0, 0.05) is 30.1 Å². The second-order valence-corrected chi connectivity index (χ2v) is 3.71. The highest BCUT2D eigenvalue weighted by atomic mass is 32.1. The normalized spacial score (nSPS) is 12.7. The van der Waals surface area contributed by atoms with Crippen LogP contribution in [-0.4, -0.2) is 17.4 Å². The van der Waals surface area contributed by atoms with Crippen molar-refractivity contribution in [2.45, 2.75) is 19.4 Å². The SMILES string of the molecule is CC(NCCC(N)=O)c1cncs1. The van der Waals surface area contributed by atoms with Crippen LogP contribution >= 0.6 is 11.3 Å². The number of nitrogens with one attached hydrogen (secondary N) is 1. The van der Waals surface area contributed by atoms with Gasteiger partial charge in [-0.1, -0.05) is 0 Å². The van der Waals surface area contributed by atoms with Crippen LogP contribution in [0.4, 0.5) is 0 Å². The Morgan fingerprint density at radius 2 is 2.62 bits per heavy atom. The zero-order valence-electron chi connectivity index (χ0n) is 7.49. The molecule has 1 unspecified atom stereocenters. The molecule has 72 valence electrons. The van der Waals surface area contributed by atoms with Crippen molar-refractivity contribution in [1.29, 1.82) is 0 Å². The molecule has 1 heterocycles.